The van der Waals surface area contributed by atoms with Gasteiger partial charge >= 0.3 is 11.9 Å². The first-order chi connectivity index (χ1) is 9.93. The zero-order valence-corrected chi connectivity index (χ0v) is 11.6. The minimum Gasteiger partial charge on any atom is -0.460 e. The molecule has 0 aromatic heterocycles. The zero-order chi connectivity index (χ0) is 15.8. The molecule has 0 spiro atoms. The molecule has 1 aliphatic rings. The highest BCUT2D eigenvalue weighted by Gasteiger charge is 2.33. The highest BCUT2D eigenvalue weighted by molar-refractivity contribution is 6.01. The van der Waals surface area contributed by atoms with Crippen LogP contribution in [0.1, 0.15) is 26.2 Å². The summed E-state index contributed by atoms with van der Waals surface area (Å²) in [5, 5.41) is 8.89. The van der Waals surface area contributed by atoms with E-state index in [0.717, 1.165) is 0 Å². The molecule has 0 aromatic carbocycles. The van der Waals surface area contributed by atoms with Crippen molar-refractivity contribution in [2.45, 2.75) is 32.3 Å². The van der Waals surface area contributed by atoms with Gasteiger partial charge in [0.1, 0.15) is 12.7 Å². The lowest BCUT2D eigenvalue weighted by molar-refractivity contribution is -0.199. The maximum atomic E-state index is 11.5. The Bertz CT molecular complexity index is 405. The van der Waals surface area contributed by atoms with Gasteiger partial charge in [-0.1, -0.05) is 0 Å². The van der Waals surface area contributed by atoms with Crippen molar-refractivity contribution in [2.75, 3.05) is 19.8 Å². The van der Waals surface area contributed by atoms with E-state index in [1.165, 1.54) is 6.92 Å². The summed E-state index contributed by atoms with van der Waals surface area (Å²) in [7, 11) is 0. The third-order valence-corrected chi connectivity index (χ3v) is 2.44. The second kappa shape index (κ2) is 8.32. The highest BCUT2D eigenvalue weighted by atomic mass is 16.7. The average Bonchev–Trinajstić information content (AvgIpc) is 2.70. The van der Waals surface area contributed by atoms with Gasteiger partial charge in [0.15, 0.2) is 0 Å². The lowest BCUT2D eigenvalue weighted by Gasteiger charge is -2.15. The Kier molecular flexibility index (Phi) is 6.76. The van der Waals surface area contributed by atoms with Crippen molar-refractivity contribution in [3.63, 3.8) is 0 Å². The summed E-state index contributed by atoms with van der Waals surface area (Å²) in [4.78, 5) is 49.9. The average molecular weight is 303 g/mol. The highest BCUT2D eigenvalue weighted by Crippen LogP contribution is 2.13. The van der Waals surface area contributed by atoms with Gasteiger partial charge in [-0.3, -0.25) is 9.59 Å². The first-order valence-electron chi connectivity index (χ1n) is 6.38. The number of esters is 1. The fourth-order valence-corrected chi connectivity index (χ4v) is 1.55. The Morgan fingerprint density at radius 1 is 1.24 bits per heavy atom. The Morgan fingerprint density at radius 3 is 2.43 bits per heavy atom. The maximum Gasteiger partial charge on any atom is 0.336 e. The number of imide groups is 1. The molecule has 1 heterocycles. The van der Waals surface area contributed by atoms with Crippen LogP contribution in [0.5, 0.6) is 0 Å². The molecule has 0 aliphatic carbocycles. The van der Waals surface area contributed by atoms with Crippen LogP contribution in [-0.2, 0) is 33.5 Å². The first-order valence-corrected chi connectivity index (χ1v) is 6.38. The van der Waals surface area contributed by atoms with E-state index in [-0.39, 0.29) is 39.1 Å². The van der Waals surface area contributed by atoms with E-state index in [0.29, 0.717) is 5.06 Å². The summed E-state index contributed by atoms with van der Waals surface area (Å²) in [6, 6.07) is 0. The fraction of sp³-hybridized carbons (Fsp3) is 0.667. The number of amides is 2. The summed E-state index contributed by atoms with van der Waals surface area (Å²) in [6.45, 7) is 0.902. The van der Waals surface area contributed by atoms with E-state index in [1.807, 2.05) is 0 Å². The molecule has 0 saturated carbocycles. The topological polar surface area (TPSA) is 119 Å². The van der Waals surface area contributed by atoms with Gasteiger partial charge in [-0.25, -0.2) is 9.59 Å². The number of hydroxylamine groups is 2. The standard InChI is InChI=1S/C12H17NO8/c1-8(20-12(18)7-19-5-4-14)6-11(17)21-13-9(15)2-3-10(13)16/h8,14H,2-7H2,1H3. The van der Waals surface area contributed by atoms with Crippen LogP contribution in [0.4, 0.5) is 0 Å². The molecule has 1 unspecified atom stereocenters. The van der Waals surface area contributed by atoms with Crippen molar-refractivity contribution in [1.29, 1.82) is 0 Å². The van der Waals surface area contributed by atoms with Gasteiger partial charge in [0.05, 0.1) is 19.6 Å². The summed E-state index contributed by atoms with van der Waals surface area (Å²) in [5.74, 6) is -2.70. The number of hydrogen-bond acceptors (Lipinski definition) is 8. The summed E-state index contributed by atoms with van der Waals surface area (Å²) >= 11 is 0. The molecule has 0 bridgehead atoms. The SMILES string of the molecule is CC(CC(=O)ON1C(=O)CCC1=O)OC(=O)COCCO. The van der Waals surface area contributed by atoms with Gasteiger partial charge in [-0.05, 0) is 6.92 Å². The van der Waals surface area contributed by atoms with Crippen LogP contribution in [0.2, 0.25) is 0 Å². The third-order valence-electron chi connectivity index (χ3n) is 2.44. The molecule has 9 heteroatoms. The molecule has 1 atom stereocenters. The van der Waals surface area contributed by atoms with Crippen LogP contribution in [0.3, 0.4) is 0 Å². The van der Waals surface area contributed by atoms with Gasteiger partial charge in [-0.15, -0.1) is 5.06 Å². The van der Waals surface area contributed by atoms with Gasteiger partial charge in [0.25, 0.3) is 11.8 Å². The molecule has 0 aromatic rings. The molecule has 9 nitrogen and oxygen atoms in total. The molecule has 1 fully saturated rings. The Balaban J connectivity index is 2.28. The molecule has 1 rings (SSSR count). The van der Waals surface area contributed by atoms with Crippen molar-refractivity contribution in [1.82, 2.24) is 5.06 Å². The molecule has 1 N–H and O–H groups in total. The number of aliphatic hydroxyl groups excluding tert-OH is 1. The molecule has 0 radical (unpaired) electrons. The Labute approximate surface area is 120 Å². The number of hydrogen-bond donors (Lipinski definition) is 1. The number of carbonyl (C=O) groups excluding carboxylic acids is 4. The lowest BCUT2D eigenvalue weighted by Crippen LogP contribution is -2.33. The number of aliphatic hydroxyl groups is 1. The van der Waals surface area contributed by atoms with Crippen molar-refractivity contribution in [3.8, 4) is 0 Å². The smallest absolute Gasteiger partial charge is 0.336 e. The van der Waals surface area contributed by atoms with Crippen LogP contribution in [0.15, 0.2) is 0 Å². The van der Waals surface area contributed by atoms with E-state index in [4.69, 9.17) is 14.6 Å². The minimum absolute atomic E-state index is 0.00467. The molecular formula is C12H17NO8. The predicted molar refractivity (Wildman–Crippen MR) is 65.3 cm³/mol. The molecule has 118 valence electrons. The second-order valence-corrected chi connectivity index (χ2v) is 4.33. The van der Waals surface area contributed by atoms with E-state index < -0.39 is 29.9 Å². The lowest BCUT2D eigenvalue weighted by atomic mass is 10.3. The Hall–Kier alpha value is -2.00. The zero-order valence-electron chi connectivity index (χ0n) is 11.6. The summed E-state index contributed by atoms with van der Waals surface area (Å²) in [6.07, 6.45) is -1.07. The van der Waals surface area contributed by atoms with Crippen molar-refractivity contribution >= 4 is 23.8 Å². The van der Waals surface area contributed by atoms with E-state index in [9.17, 15) is 19.2 Å². The first kappa shape index (κ1) is 17.1. The molecule has 1 aliphatic heterocycles. The Morgan fingerprint density at radius 2 is 1.86 bits per heavy atom. The predicted octanol–water partition coefficient (Wildman–Crippen LogP) is -1.08. The van der Waals surface area contributed by atoms with Crippen LogP contribution in [-0.4, -0.2) is 59.8 Å². The van der Waals surface area contributed by atoms with Crippen molar-refractivity contribution < 1.29 is 38.6 Å². The monoisotopic (exact) mass is 303 g/mol. The summed E-state index contributed by atoms with van der Waals surface area (Å²) < 4.78 is 9.60. The van der Waals surface area contributed by atoms with E-state index >= 15 is 0 Å². The number of ether oxygens (including phenoxy) is 2. The number of rotatable bonds is 8. The quantitative estimate of drug-likeness (QED) is 0.342. The minimum atomic E-state index is -0.852. The van der Waals surface area contributed by atoms with Crippen molar-refractivity contribution in [2.24, 2.45) is 0 Å². The van der Waals surface area contributed by atoms with E-state index in [2.05, 4.69) is 4.84 Å². The number of nitrogens with zero attached hydrogens (tertiary/aromatic N) is 1. The van der Waals surface area contributed by atoms with Crippen LogP contribution in [0, 0.1) is 0 Å². The third kappa shape index (κ3) is 5.88. The maximum absolute atomic E-state index is 11.5. The van der Waals surface area contributed by atoms with E-state index in [1.54, 1.807) is 0 Å². The van der Waals surface area contributed by atoms with Crippen LogP contribution >= 0.6 is 0 Å². The van der Waals surface area contributed by atoms with Gasteiger partial charge < -0.3 is 19.4 Å². The van der Waals surface area contributed by atoms with Gasteiger partial charge in [0, 0.05) is 12.8 Å². The molecule has 2 amide bonds. The normalized spacial score (nSPS) is 16.0. The van der Waals surface area contributed by atoms with Crippen LogP contribution < -0.4 is 0 Å². The molecular weight excluding hydrogens is 286 g/mol. The second-order valence-electron chi connectivity index (χ2n) is 4.33. The largest absolute Gasteiger partial charge is 0.460 e. The number of carbonyl (C=O) groups is 4. The fourth-order valence-electron chi connectivity index (χ4n) is 1.55. The van der Waals surface area contributed by atoms with Gasteiger partial charge in [-0.2, -0.15) is 0 Å². The molecule has 21 heavy (non-hydrogen) atoms. The molecule has 1 saturated heterocycles. The summed E-state index contributed by atoms with van der Waals surface area (Å²) in [5.41, 5.74) is 0. The van der Waals surface area contributed by atoms with Gasteiger partial charge in [0.2, 0.25) is 0 Å². The van der Waals surface area contributed by atoms with Crippen molar-refractivity contribution in [3.05, 3.63) is 0 Å². The van der Waals surface area contributed by atoms with Crippen LogP contribution in [0.25, 0.3) is 0 Å².